The minimum atomic E-state index is 0.631. The lowest BCUT2D eigenvalue weighted by Gasteiger charge is -2.26. The molecule has 0 fully saturated rings. The summed E-state index contributed by atoms with van der Waals surface area (Å²) in [6.45, 7) is 0. The highest BCUT2D eigenvalue weighted by atomic mass is 16.3. The van der Waals surface area contributed by atoms with Crippen LogP contribution in [0.3, 0.4) is 0 Å². The third kappa shape index (κ3) is 6.04. The molecule has 0 spiro atoms. The zero-order chi connectivity index (χ0) is 40.3. The van der Waals surface area contributed by atoms with Crippen LogP contribution in [0.1, 0.15) is 0 Å². The molecule has 0 atom stereocenters. The Kier molecular flexibility index (Phi) is 8.13. The minimum absolute atomic E-state index is 0.631. The average molecular weight is 780 g/mol. The first-order valence-electron chi connectivity index (χ1n) is 20.7. The van der Waals surface area contributed by atoms with Gasteiger partial charge < -0.3 is 13.9 Å². The van der Waals surface area contributed by atoms with Gasteiger partial charge in [-0.1, -0.05) is 133 Å². The monoisotopic (exact) mass is 779 g/mol. The van der Waals surface area contributed by atoms with E-state index in [1.54, 1.807) is 0 Å². The first-order chi connectivity index (χ1) is 30.2. The number of oxazole rings is 1. The molecule has 0 bridgehead atoms. The van der Waals surface area contributed by atoms with Crippen LogP contribution in [0.15, 0.2) is 229 Å². The molecule has 2 heterocycles. The van der Waals surface area contributed by atoms with Crippen molar-refractivity contribution in [3.8, 4) is 39.4 Å². The molecule has 286 valence electrons. The third-order valence-corrected chi connectivity index (χ3v) is 12.0. The van der Waals surface area contributed by atoms with Crippen molar-refractivity contribution in [1.29, 1.82) is 0 Å². The summed E-state index contributed by atoms with van der Waals surface area (Å²) in [5.74, 6) is 0.631. The molecule has 4 nitrogen and oxygen atoms in total. The standard InChI is InChI=1S/C57H37N3O/c1-3-12-42(13-4-1)57-58-53-33-27-41-20-22-45(36-51(41)56(53)61-57)40-25-30-48(31-26-40)59(47-28-23-39(24-29-47)44-21-19-38-11-7-8-14-43(38)35-44)49-32-34-55-52(37-49)50-17-9-10-18-54(50)60(55)46-15-5-2-6-16-46/h1-37H. The number of anilines is 3. The molecule has 0 amide bonds. The van der Waals surface area contributed by atoms with Crippen molar-refractivity contribution in [2.45, 2.75) is 0 Å². The van der Waals surface area contributed by atoms with Crippen molar-refractivity contribution in [1.82, 2.24) is 9.55 Å². The summed E-state index contributed by atoms with van der Waals surface area (Å²) in [4.78, 5) is 7.20. The summed E-state index contributed by atoms with van der Waals surface area (Å²) in [7, 11) is 0. The minimum Gasteiger partial charge on any atom is -0.435 e. The molecule has 0 N–H and O–H groups in total. The first-order valence-corrected chi connectivity index (χ1v) is 20.7. The summed E-state index contributed by atoms with van der Waals surface area (Å²) in [5.41, 5.74) is 14.0. The van der Waals surface area contributed by atoms with Crippen LogP contribution >= 0.6 is 0 Å². The lowest BCUT2D eigenvalue weighted by atomic mass is 9.99. The van der Waals surface area contributed by atoms with Crippen LogP contribution < -0.4 is 4.90 Å². The van der Waals surface area contributed by atoms with Crippen molar-refractivity contribution < 1.29 is 4.42 Å². The number of fused-ring (bicyclic) bond motifs is 7. The van der Waals surface area contributed by atoms with E-state index in [4.69, 9.17) is 9.40 Å². The number of benzene rings is 10. The molecular weight excluding hydrogens is 743 g/mol. The lowest BCUT2D eigenvalue weighted by molar-refractivity contribution is 0.623. The maximum Gasteiger partial charge on any atom is 0.227 e. The van der Waals surface area contributed by atoms with E-state index < -0.39 is 0 Å². The Morgan fingerprint density at radius 1 is 0.361 bits per heavy atom. The van der Waals surface area contributed by atoms with Crippen LogP contribution in [-0.4, -0.2) is 9.55 Å². The van der Waals surface area contributed by atoms with Gasteiger partial charge in [0.1, 0.15) is 5.52 Å². The smallest absolute Gasteiger partial charge is 0.227 e. The van der Waals surface area contributed by atoms with Gasteiger partial charge in [0.25, 0.3) is 0 Å². The fourth-order valence-corrected chi connectivity index (χ4v) is 8.97. The van der Waals surface area contributed by atoms with Crippen molar-refractivity contribution >= 4 is 71.5 Å². The van der Waals surface area contributed by atoms with Crippen LogP contribution in [0.4, 0.5) is 17.1 Å². The topological polar surface area (TPSA) is 34.2 Å². The number of nitrogens with zero attached hydrogens (tertiary/aromatic N) is 3. The normalized spacial score (nSPS) is 11.6. The highest BCUT2D eigenvalue weighted by molar-refractivity contribution is 6.11. The van der Waals surface area contributed by atoms with Gasteiger partial charge in [-0.25, -0.2) is 4.98 Å². The van der Waals surface area contributed by atoms with Crippen molar-refractivity contribution in [2.75, 3.05) is 4.90 Å². The van der Waals surface area contributed by atoms with Gasteiger partial charge in [0.2, 0.25) is 5.89 Å². The van der Waals surface area contributed by atoms with E-state index in [1.165, 1.54) is 43.7 Å². The number of aromatic nitrogens is 2. The zero-order valence-corrected chi connectivity index (χ0v) is 33.1. The van der Waals surface area contributed by atoms with Crippen LogP contribution in [0, 0.1) is 0 Å². The molecule has 0 saturated heterocycles. The second-order valence-electron chi connectivity index (χ2n) is 15.6. The van der Waals surface area contributed by atoms with E-state index in [9.17, 15) is 0 Å². The molecule has 0 radical (unpaired) electrons. The molecule has 61 heavy (non-hydrogen) atoms. The van der Waals surface area contributed by atoms with Crippen LogP contribution in [-0.2, 0) is 0 Å². The van der Waals surface area contributed by atoms with Crippen molar-refractivity contribution in [3.63, 3.8) is 0 Å². The summed E-state index contributed by atoms with van der Waals surface area (Å²) < 4.78 is 8.79. The fraction of sp³-hybridized carbons (Fsp3) is 0. The number of hydrogen-bond donors (Lipinski definition) is 0. The van der Waals surface area contributed by atoms with Crippen LogP contribution in [0.5, 0.6) is 0 Å². The summed E-state index contributed by atoms with van der Waals surface area (Å²) in [5, 5.41) is 7.07. The summed E-state index contributed by atoms with van der Waals surface area (Å²) in [6, 6.07) is 80.2. The SMILES string of the molecule is c1ccc(-c2nc3ccc4ccc(-c5ccc(N(c6ccc(-c7ccc8ccccc8c7)cc6)c6ccc7c(c6)c6ccccc6n7-c6ccccc6)cc5)cc4c3o2)cc1. The average Bonchev–Trinajstić information content (AvgIpc) is 3.93. The maximum atomic E-state index is 6.43. The fourth-order valence-electron chi connectivity index (χ4n) is 8.97. The van der Waals surface area contributed by atoms with Gasteiger partial charge >= 0.3 is 0 Å². The summed E-state index contributed by atoms with van der Waals surface area (Å²) in [6.07, 6.45) is 0. The quantitative estimate of drug-likeness (QED) is 0.162. The van der Waals surface area contributed by atoms with Gasteiger partial charge in [-0.3, -0.25) is 0 Å². The lowest BCUT2D eigenvalue weighted by Crippen LogP contribution is -2.10. The predicted molar refractivity (Wildman–Crippen MR) is 254 cm³/mol. The van der Waals surface area contributed by atoms with Gasteiger partial charge in [0, 0.05) is 44.5 Å². The molecule has 0 saturated carbocycles. The Labute approximate surface area is 352 Å². The Morgan fingerprint density at radius 2 is 0.934 bits per heavy atom. The Balaban J connectivity index is 0.967. The number of hydrogen-bond acceptors (Lipinski definition) is 3. The van der Waals surface area contributed by atoms with E-state index in [-0.39, 0.29) is 0 Å². The maximum absolute atomic E-state index is 6.43. The van der Waals surface area contributed by atoms with Gasteiger partial charge in [-0.05, 0) is 129 Å². The number of para-hydroxylation sites is 2. The molecule has 0 aliphatic heterocycles. The molecule has 12 aromatic rings. The second-order valence-corrected chi connectivity index (χ2v) is 15.6. The largest absolute Gasteiger partial charge is 0.435 e. The molecule has 0 aliphatic rings. The van der Waals surface area contributed by atoms with E-state index in [2.05, 4.69) is 198 Å². The molecule has 0 aliphatic carbocycles. The van der Waals surface area contributed by atoms with E-state index >= 15 is 0 Å². The third-order valence-electron chi connectivity index (χ3n) is 12.0. The van der Waals surface area contributed by atoms with Crippen molar-refractivity contribution in [3.05, 3.63) is 224 Å². The molecular formula is C57H37N3O. The number of rotatable bonds is 7. The molecule has 2 aromatic heterocycles. The van der Waals surface area contributed by atoms with Crippen molar-refractivity contribution in [2.24, 2.45) is 0 Å². The van der Waals surface area contributed by atoms with Gasteiger partial charge in [-0.2, -0.15) is 0 Å². The van der Waals surface area contributed by atoms with Crippen LogP contribution in [0.25, 0.3) is 93.8 Å². The molecule has 0 unspecified atom stereocenters. The highest BCUT2D eigenvalue weighted by Gasteiger charge is 2.18. The second kappa shape index (κ2) is 14.3. The van der Waals surface area contributed by atoms with Gasteiger partial charge in [0.15, 0.2) is 5.58 Å². The Bertz CT molecular complexity index is 3570. The van der Waals surface area contributed by atoms with E-state index in [1.807, 2.05) is 36.4 Å². The first kappa shape index (κ1) is 34.8. The predicted octanol–water partition coefficient (Wildman–Crippen LogP) is 15.7. The molecule has 12 rings (SSSR count). The summed E-state index contributed by atoms with van der Waals surface area (Å²) >= 11 is 0. The Hall–Kier alpha value is -8.21. The van der Waals surface area contributed by atoms with E-state index in [0.717, 1.165) is 61.3 Å². The molecule has 10 aromatic carbocycles. The van der Waals surface area contributed by atoms with Gasteiger partial charge in [0.05, 0.1) is 11.0 Å². The highest BCUT2D eigenvalue weighted by Crippen LogP contribution is 2.41. The Morgan fingerprint density at radius 3 is 1.69 bits per heavy atom. The van der Waals surface area contributed by atoms with Crippen LogP contribution in [0.2, 0.25) is 0 Å². The van der Waals surface area contributed by atoms with Gasteiger partial charge in [-0.15, -0.1) is 0 Å². The zero-order valence-electron chi connectivity index (χ0n) is 33.1. The van der Waals surface area contributed by atoms with E-state index in [0.29, 0.717) is 5.89 Å². The molecule has 4 heteroatoms.